The number of rotatable bonds is 4. The van der Waals surface area contributed by atoms with Crippen LogP contribution in [0.4, 0.5) is 14.5 Å². The van der Waals surface area contributed by atoms with E-state index in [0.717, 1.165) is 12.1 Å². The number of benzene rings is 2. The van der Waals surface area contributed by atoms with Crippen LogP contribution in [0.1, 0.15) is 52.0 Å². The minimum absolute atomic E-state index is 0.0649. The van der Waals surface area contributed by atoms with Crippen molar-refractivity contribution in [2.24, 2.45) is 5.41 Å². The van der Waals surface area contributed by atoms with E-state index in [-0.39, 0.29) is 17.4 Å². The molecule has 1 fully saturated rings. The van der Waals surface area contributed by atoms with Gasteiger partial charge in [-0.3, -0.25) is 4.79 Å². The Hall–Kier alpha value is -2.48. The molecular formula is C24H27F2NO4S. The fourth-order valence-electron chi connectivity index (χ4n) is 4.81. The zero-order valence-electron chi connectivity index (χ0n) is 18.5. The first-order valence-electron chi connectivity index (χ1n) is 10.8. The largest absolute Gasteiger partial charge is 0.490 e. The molecule has 0 bridgehead atoms. The van der Waals surface area contributed by atoms with Crippen molar-refractivity contribution in [3.8, 4) is 5.75 Å². The number of sulfone groups is 1. The van der Waals surface area contributed by atoms with E-state index in [2.05, 4.69) is 0 Å². The molecule has 0 unspecified atom stereocenters. The van der Waals surface area contributed by atoms with Gasteiger partial charge in [0.05, 0.1) is 16.0 Å². The van der Waals surface area contributed by atoms with Crippen molar-refractivity contribution in [3.63, 3.8) is 0 Å². The van der Waals surface area contributed by atoms with Crippen LogP contribution in [0.3, 0.4) is 0 Å². The molecule has 1 heterocycles. The molecule has 0 atom stereocenters. The highest BCUT2D eigenvalue weighted by atomic mass is 32.2. The van der Waals surface area contributed by atoms with Crippen molar-refractivity contribution in [2.75, 3.05) is 18.1 Å². The molecule has 1 amide bonds. The van der Waals surface area contributed by atoms with E-state index in [1.807, 2.05) is 20.8 Å². The van der Waals surface area contributed by atoms with E-state index >= 15 is 0 Å². The zero-order chi connectivity index (χ0) is 23.3. The number of hydrogen-bond acceptors (Lipinski definition) is 4. The van der Waals surface area contributed by atoms with E-state index < -0.39 is 31.6 Å². The van der Waals surface area contributed by atoms with Gasteiger partial charge >= 0.3 is 0 Å². The number of hydrogen-bond donors (Lipinski definition) is 0. The van der Waals surface area contributed by atoms with Gasteiger partial charge in [-0.1, -0.05) is 18.9 Å². The maximum Gasteiger partial charge on any atom is 0.236 e. The minimum Gasteiger partial charge on any atom is -0.490 e. The van der Waals surface area contributed by atoms with E-state index in [4.69, 9.17) is 4.74 Å². The summed E-state index contributed by atoms with van der Waals surface area (Å²) in [4.78, 5) is 14.2. The van der Waals surface area contributed by atoms with Crippen molar-refractivity contribution in [1.29, 1.82) is 0 Å². The van der Waals surface area contributed by atoms with Crippen molar-refractivity contribution in [1.82, 2.24) is 0 Å². The van der Waals surface area contributed by atoms with Crippen LogP contribution in [0.2, 0.25) is 0 Å². The van der Waals surface area contributed by atoms with Crippen molar-refractivity contribution < 1.29 is 26.7 Å². The second kappa shape index (κ2) is 7.83. The van der Waals surface area contributed by atoms with Crippen molar-refractivity contribution in [3.05, 3.63) is 53.6 Å². The number of amides is 1. The quantitative estimate of drug-likeness (QED) is 0.642. The summed E-state index contributed by atoms with van der Waals surface area (Å²) < 4.78 is 59.9. The summed E-state index contributed by atoms with van der Waals surface area (Å²) in [5.41, 5.74) is 0.376. The Morgan fingerprint density at radius 2 is 1.66 bits per heavy atom. The van der Waals surface area contributed by atoms with Crippen molar-refractivity contribution >= 4 is 21.4 Å². The molecule has 0 aromatic heterocycles. The third kappa shape index (κ3) is 3.49. The average molecular weight is 464 g/mol. The molecule has 0 N–H and O–H groups in total. The number of carbonyl (C=O) groups excluding carboxylic acids is 1. The first kappa shape index (κ1) is 22.7. The molecule has 5 nitrogen and oxygen atoms in total. The van der Waals surface area contributed by atoms with Crippen molar-refractivity contribution in [2.45, 2.75) is 56.1 Å². The van der Waals surface area contributed by atoms with Gasteiger partial charge < -0.3 is 9.64 Å². The van der Waals surface area contributed by atoms with Crippen LogP contribution in [-0.2, 0) is 19.4 Å². The second-order valence-electron chi connectivity index (χ2n) is 9.21. The summed E-state index contributed by atoms with van der Waals surface area (Å²) in [6, 6.07) is 7.51. The van der Waals surface area contributed by atoms with Crippen LogP contribution in [-0.4, -0.2) is 27.5 Å². The molecule has 172 valence electrons. The van der Waals surface area contributed by atoms with Gasteiger partial charge in [0, 0.05) is 12.6 Å². The van der Waals surface area contributed by atoms with Gasteiger partial charge in [-0.2, -0.15) is 0 Å². The molecular weight excluding hydrogens is 436 g/mol. The van der Waals surface area contributed by atoms with Gasteiger partial charge in [0.1, 0.15) is 28.7 Å². The Morgan fingerprint density at radius 1 is 1.03 bits per heavy atom. The van der Waals surface area contributed by atoms with Gasteiger partial charge in [0.15, 0.2) is 9.84 Å². The Bertz CT molecular complexity index is 1150. The van der Waals surface area contributed by atoms with Gasteiger partial charge in [0.2, 0.25) is 5.91 Å². The number of anilines is 1. The molecule has 8 heteroatoms. The summed E-state index contributed by atoms with van der Waals surface area (Å²) in [5.74, 6) is -1.48. The summed E-state index contributed by atoms with van der Waals surface area (Å²) in [6.45, 7) is 6.11. The molecule has 2 aliphatic rings. The zero-order valence-corrected chi connectivity index (χ0v) is 19.3. The number of nitrogens with zero attached hydrogens (tertiary/aromatic N) is 1. The number of ether oxygens (including phenoxy) is 1. The number of carbonyl (C=O) groups is 1. The third-order valence-electron chi connectivity index (χ3n) is 6.58. The lowest BCUT2D eigenvalue weighted by atomic mass is 9.93. The summed E-state index contributed by atoms with van der Waals surface area (Å²) in [5, 5.41) is 0. The fraction of sp³-hybridized carbons (Fsp3) is 0.458. The lowest BCUT2D eigenvalue weighted by Crippen LogP contribution is -2.42. The van der Waals surface area contributed by atoms with Crippen LogP contribution in [0.25, 0.3) is 0 Å². The fourth-order valence-corrected chi connectivity index (χ4v) is 7.06. The lowest BCUT2D eigenvalue weighted by molar-refractivity contribution is -0.127. The molecule has 4 rings (SSSR count). The maximum atomic E-state index is 13.9. The summed E-state index contributed by atoms with van der Waals surface area (Å²) >= 11 is 0. The van der Waals surface area contributed by atoms with Crippen LogP contribution in [0.5, 0.6) is 5.75 Å². The summed E-state index contributed by atoms with van der Waals surface area (Å²) in [7, 11) is -4.10. The highest BCUT2D eigenvalue weighted by Gasteiger charge is 2.49. The Kier molecular flexibility index (Phi) is 5.56. The van der Waals surface area contributed by atoms with Crippen LogP contribution in [0.15, 0.2) is 41.3 Å². The number of fused-ring (bicyclic) bond motifs is 1. The minimum atomic E-state index is -4.10. The average Bonchev–Trinajstić information content (AvgIpc) is 3.21. The van der Waals surface area contributed by atoms with E-state index in [0.29, 0.717) is 55.3 Å². The molecule has 2 aromatic rings. The number of halogens is 2. The van der Waals surface area contributed by atoms with E-state index in [1.165, 1.54) is 0 Å². The van der Waals surface area contributed by atoms with Gasteiger partial charge in [0.25, 0.3) is 0 Å². The van der Waals surface area contributed by atoms with E-state index in [1.54, 1.807) is 23.1 Å². The standard InChI is InChI=1S/C24H27F2NO4S/c1-4-27-20-8-7-16(11-21(20)31-15-23(2,3)22(27)28)24(9-5-6-10-24)32(29,30)19-13-17(25)12-18(26)14-19/h7-8,11-14H,4-6,9-10,15H2,1-3H3. The van der Waals surface area contributed by atoms with Crippen LogP contribution in [0, 0.1) is 17.0 Å². The topological polar surface area (TPSA) is 63.7 Å². The second-order valence-corrected chi connectivity index (χ2v) is 11.5. The Balaban J connectivity index is 1.86. The first-order chi connectivity index (χ1) is 15.0. The smallest absolute Gasteiger partial charge is 0.236 e. The van der Waals surface area contributed by atoms with Gasteiger partial charge in [-0.25, -0.2) is 17.2 Å². The van der Waals surface area contributed by atoms with Crippen LogP contribution >= 0.6 is 0 Å². The van der Waals surface area contributed by atoms with Crippen LogP contribution < -0.4 is 9.64 Å². The molecule has 2 aromatic carbocycles. The molecule has 32 heavy (non-hydrogen) atoms. The lowest BCUT2D eigenvalue weighted by Gasteiger charge is -2.31. The van der Waals surface area contributed by atoms with Gasteiger partial charge in [-0.15, -0.1) is 0 Å². The highest BCUT2D eigenvalue weighted by molar-refractivity contribution is 7.92. The molecule has 0 radical (unpaired) electrons. The van der Waals surface area contributed by atoms with Gasteiger partial charge in [-0.05, 0) is 63.4 Å². The highest BCUT2D eigenvalue weighted by Crippen LogP contribution is 2.50. The SMILES string of the molecule is CCN1C(=O)C(C)(C)COc2cc(C3(S(=O)(=O)c4cc(F)cc(F)c4)CCCC3)ccc21. The normalized spacial score (nSPS) is 19.9. The summed E-state index contributed by atoms with van der Waals surface area (Å²) in [6.07, 6.45) is 2.05. The first-order valence-corrected chi connectivity index (χ1v) is 12.3. The maximum absolute atomic E-state index is 13.9. The monoisotopic (exact) mass is 463 g/mol. The third-order valence-corrected chi connectivity index (χ3v) is 9.11. The molecule has 1 aliphatic heterocycles. The predicted molar refractivity (Wildman–Crippen MR) is 117 cm³/mol. The molecule has 0 saturated heterocycles. The predicted octanol–water partition coefficient (Wildman–Crippen LogP) is 4.98. The Morgan fingerprint density at radius 3 is 2.25 bits per heavy atom. The van der Waals surface area contributed by atoms with E-state index in [9.17, 15) is 22.0 Å². The molecule has 1 saturated carbocycles. The Labute approximate surface area is 187 Å². The molecule has 0 spiro atoms. The molecule has 1 aliphatic carbocycles.